The van der Waals surface area contributed by atoms with E-state index in [2.05, 4.69) is 10.0 Å². The summed E-state index contributed by atoms with van der Waals surface area (Å²) in [6.45, 7) is 1.93. The maximum atomic E-state index is 12.3. The van der Waals surface area contributed by atoms with Crippen LogP contribution in [0.4, 0.5) is 11.4 Å². The Morgan fingerprint density at radius 2 is 1.73 bits per heavy atom. The minimum Gasteiger partial charge on any atom is -0.496 e. The van der Waals surface area contributed by atoms with Gasteiger partial charge in [-0.25, -0.2) is 8.42 Å². The second-order valence-corrected chi connectivity index (χ2v) is 7.57. The Morgan fingerprint density at radius 3 is 2.35 bits per heavy atom. The fourth-order valence-corrected chi connectivity index (χ4v) is 2.99. The van der Waals surface area contributed by atoms with E-state index in [1.165, 1.54) is 13.2 Å². The SMILES string of the molecule is COc1cc(CC(=O)Nc2ccc(NS(C)(=O)=O)c(OC)c2)ccc1C. The molecule has 0 radical (unpaired) electrons. The Hall–Kier alpha value is -2.74. The second kappa shape index (κ2) is 8.09. The highest BCUT2D eigenvalue weighted by Gasteiger charge is 2.11. The summed E-state index contributed by atoms with van der Waals surface area (Å²) in [5.41, 5.74) is 2.63. The molecule has 2 aromatic rings. The van der Waals surface area contributed by atoms with Crippen LogP contribution in [-0.2, 0) is 21.2 Å². The Balaban J connectivity index is 2.11. The van der Waals surface area contributed by atoms with Gasteiger partial charge in [0.1, 0.15) is 11.5 Å². The van der Waals surface area contributed by atoms with Crippen molar-refractivity contribution in [3.8, 4) is 11.5 Å². The molecule has 0 saturated heterocycles. The highest BCUT2D eigenvalue weighted by Crippen LogP contribution is 2.28. The number of sulfonamides is 1. The van der Waals surface area contributed by atoms with Gasteiger partial charge in [0.15, 0.2) is 0 Å². The Kier molecular flexibility index (Phi) is 6.10. The largest absolute Gasteiger partial charge is 0.496 e. The number of methoxy groups -OCH3 is 2. The minimum atomic E-state index is -3.43. The van der Waals surface area contributed by atoms with Crippen molar-refractivity contribution in [1.29, 1.82) is 0 Å². The Labute approximate surface area is 153 Å². The number of nitrogens with one attached hydrogen (secondary N) is 2. The Morgan fingerprint density at radius 1 is 1.04 bits per heavy atom. The van der Waals surface area contributed by atoms with Crippen molar-refractivity contribution in [3.63, 3.8) is 0 Å². The van der Waals surface area contributed by atoms with Crippen molar-refractivity contribution in [2.45, 2.75) is 13.3 Å². The van der Waals surface area contributed by atoms with Gasteiger partial charge in [0.2, 0.25) is 15.9 Å². The van der Waals surface area contributed by atoms with Gasteiger partial charge in [-0.3, -0.25) is 9.52 Å². The standard InChI is InChI=1S/C18H22N2O5S/c1-12-5-6-13(9-16(12)24-2)10-18(21)19-14-7-8-15(17(11-14)25-3)20-26(4,22)23/h5-9,11,20H,10H2,1-4H3,(H,19,21). The molecular weight excluding hydrogens is 356 g/mol. The van der Waals surface area contributed by atoms with Gasteiger partial charge < -0.3 is 14.8 Å². The first-order valence-electron chi connectivity index (χ1n) is 7.81. The van der Waals surface area contributed by atoms with Crippen LogP contribution in [0.5, 0.6) is 11.5 Å². The lowest BCUT2D eigenvalue weighted by Gasteiger charge is -2.12. The monoisotopic (exact) mass is 378 g/mol. The fraction of sp³-hybridized carbons (Fsp3) is 0.278. The molecule has 2 rings (SSSR count). The lowest BCUT2D eigenvalue weighted by Crippen LogP contribution is -2.15. The molecule has 0 saturated carbocycles. The smallest absolute Gasteiger partial charge is 0.229 e. The molecule has 7 nitrogen and oxygen atoms in total. The van der Waals surface area contributed by atoms with Gasteiger partial charge in [0.05, 0.1) is 32.6 Å². The number of carbonyl (C=O) groups is 1. The van der Waals surface area contributed by atoms with Crippen LogP contribution in [0, 0.1) is 6.92 Å². The molecule has 2 N–H and O–H groups in total. The molecule has 0 heterocycles. The maximum Gasteiger partial charge on any atom is 0.229 e. The highest BCUT2D eigenvalue weighted by atomic mass is 32.2. The summed E-state index contributed by atoms with van der Waals surface area (Å²) in [5, 5.41) is 2.77. The van der Waals surface area contributed by atoms with E-state index in [0.29, 0.717) is 17.1 Å². The predicted octanol–water partition coefficient (Wildman–Crippen LogP) is 2.56. The quantitative estimate of drug-likeness (QED) is 0.772. The van der Waals surface area contributed by atoms with Crippen molar-refractivity contribution in [2.75, 3.05) is 30.5 Å². The summed E-state index contributed by atoms with van der Waals surface area (Å²) in [5.74, 6) is 0.834. The predicted molar refractivity (Wildman–Crippen MR) is 102 cm³/mol. The normalized spacial score (nSPS) is 10.9. The number of amides is 1. The van der Waals surface area contributed by atoms with Crippen molar-refractivity contribution < 1.29 is 22.7 Å². The van der Waals surface area contributed by atoms with Gasteiger partial charge in [0, 0.05) is 11.8 Å². The number of hydrogen-bond acceptors (Lipinski definition) is 5. The van der Waals surface area contributed by atoms with Crippen LogP contribution in [0.25, 0.3) is 0 Å². The molecule has 0 fully saturated rings. The van der Waals surface area contributed by atoms with Gasteiger partial charge in [-0.1, -0.05) is 12.1 Å². The number of carbonyl (C=O) groups excluding carboxylic acids is 1. The molecule has 140 valence electrons. The van der Waals surface area contributed by atoms with E-state index in [1.807, 2.05) is 25.1 Å². The lowest BCUT2D eigenvalue weighted by molar-refractivity contribution is -0.115. The number of hydrogen-bond donors (Lipinski definition) is 2. The van der Waals surface area contributed by atoms with E-state index in [1.54, 1.807) is 19.2 Å². The van der Waals surface area contributed by atoms with E-state index in [4.69, 9.17) is 9.47 Å². The van der Waals surface area contributed by atoms with E-state index in [9.17, 15) is 13.2 Å². The average molecular weight is 378 g/mol. The number of rotatable bonds is 7. The molecule has 0 spiro atoms. The Bertz CT molecular complexity index is 910. The maximum absolute atomic E-state index is 12.3. The van der Waals surface area contributed by atoms with E-state index in [0.717, 1.165) is 23.1 Å². The van der Waals surface area contributed by atoms with Crippen LogP contribution >= 0.6 is 0 Å². The van der Waals surface area contributed by atoms with Crippen LogP contribution in [0.2, 0.25) is 0 Å². The number of benzene rings is 2. The van der Waals surface area contributed by atoms with Crippen LogP contribution in [-0.4, -0.2) is 34.8 Å². The molecule has 0 aromatic heterocycles. The molecule has 0 aliphatic heterocycles. The van der Waals surface area contributed by atoms with Crippen molar-refractivity contribution in [1.82, 2.24) is 0 Å². The topological polar surface area (TPSA) is 93.7 Å². The lowest BCUT2D eigenvalue weighted by atomic mass is 10.1. The van der Waals surface area contributed by atoms with E-state index < -0.39 is 10.0 Å². The van der Waals surface area contributed by atoms with E-state index >= 15 is 0 Å². The molecule has 0 aliphatic carbocycles. The van der Waals surface area contributed by atoms with Crippen LogP contribution in [0.3, 0.4) is 0 Å². The van der Waals surface area contributed by atoms with Crippen LogP contribution < -0.4 is 19.5 Å². The molecular formula is C18H22N2O5S. The first kappa shape index (κ1) is 19.6. The van der Waals surface area contributed by atoms with Gasteiger partial charge in [-0.05, 0) is 36.2 Å². The molecule has 0 atom stereocenters. The third-order valence-corrected chi connectivity index (χ3v) is 4.21. The molecule has 1 amide bonds. The van der Waals surface area contributed by atoms with Gasteiger partial charge in [0.25, 0.3) is 0 Å². The third-order valence-electron chi connectivity index (χ3n) is 3.62. The molecule has 0 aliphatic rings. The summed E-state index contributed by atoms with van der Waals surface area (Å²) in [6, 6.07) is 10.3. The molecule has 0 bridgehead atoms. The molecule has 2 aromatic carbocycles. The van der Waals surface area contributed by atoms with Crippen LogP contribution in [0.1, 0.15) is 11.1 Å². The van der Waals surface area contributed by atoms with Crippen molar-refractivity contribution >= 4 is 27.3 Å². The summed E-state index contributed by atoms with van der Waals surface area (Å²) >= 11 is 0. The molecule has 0 unspecified atom stereocenters. The molecule has 26 heavy (non-hydrogen) atoms. The average Bonchev–Trinajstić information content (AvgIpc) is 2.56. The third kappa shape index (κ3) is 5.38. The van der Waals surface area contributed by atoms with Crippen LogP contribution in [0.15, 0.2) is 36.4 Å². The van der Waals surface area contributed by atoms with Gasteiger partial charge >= 0.3 is 0 Å². The van der Waals surface area contributed by atoms with E-state index in [-0.39, 0.29) is 12.3 Å². The fourth-order valence-electron chi connectivity index (χ4n) is 2.42. The number of anilines is 2. The zero-order valence-corrected chi connectivity index (χ0v) is 15.9. The number of aryl methyl sites for hydroxylation is 1. The minimum absolute atomic E-state index is 0.183. The van der Waals surface area contributed by atoms with Crippen molar-refractivity contribution in [2.24, 2.45) is 0 Å². The van der Waals surface area contributed by atoms with Gasteiger partial charge in [-0.2, -0.15) is 0 Å². The zero-order valence-electron chi connectivity index (χ0n) is 15.1. The summed E-state index contributed by atoms with van der Waals surface area (Å²) < 4.78 is 35.5. The summed E-state index contributed by atoms with van der Waals surface area (Å²) in [4.78, 5) is 12.3. The summed E-state index contributed by atoms with van der Waals surface area (Å²) in [7, 11) is -0.414. The number of ether oxygens (including phenoxy) is 2. The first-order valence-corrected chi connectivity index (χ1v) is 9.70. The first-order chi connectivity index (χ1) is 12.2. The van der Waals surface area contributed by atoms with Crippen molar-refractivity contribution in [3.05, 3.63) is 47.5 Å². The molecule has 8 heteroatoms. The highest BCUT2D eigenvalue weighted by molar-refractivity contribution is 7.92. The van der Waals surface area contributed by atoms with Gasteiger partial charge in [-0.15, -0.1) is 0 Å². The zero-order chi connectivity index (χ0) is 19.3. The summed E-state index contributed by atoms with van der Waals surface area (Å²) in [6.07, 6.45) is 1.24. The second-order valence-electron chi connectivity index (χ2n) is 5.82.